The zero-order valence-corrected chi connectivity index (χ0v) is 36.5. The van der Waals surface area contributed by atoms with Crippen LogP contribution in [0, 0.1) is 22.2 Å². The summed E-state index contributed by atoms with van der Waals surface area (Å²) in [5, 5.41) is 29.8. The number of aliphatic hydroxyl groups is 3. The summed E-state index contributed by atoms with van der Waals surface area (Å²) in [5.74, 6) is 0.0682. The van der Waals surface area contributed by atoms with E-state index in [1.54, 1.807) is 6.92 Å². The van der Waals surface area contributed by atoms with Gasteiger partial charge in [0.2, 0.25) is 0 Å². The van der Waals surface area contributed by atoms with E-state index in [4.69, 9.17) is 15.2 Å². The summed E-state index contributed by atoms with van der Waals surface area (Å²) in [6, 6.07) is 0. The van der Waals surface area contributed by atoms with Crippen LogP contribution in [0.1, 0.15) is 99.3 Å². The molecule has 10 atom stereocenters. The average Bonchev–Trinajstić information content (AvgIpc) is 3.30. The summed E-state index contributed by atoms with van der Waals surface area (Å²) in [6.45, 7) is 17.3. The number of hydrogen-bond donors (Lipinski definition) is 4. The quantitative estimate of drug-likeness (QED) is 0.0635. The molecule has 2 aliphatic heterocycles. The van der Waals surface area contributed by atoms with Gasteiger partial charge in [-0.15, -0.1) is 0 Å². The van der Waals surface area contributed by atoms with Crippen LogP contribution in [-0.4, -0.2) is 81.1 Å². The summed E-state index contributed by atoms with van der Waals surface area (Å²) in [6.07, 6.45) is 8.53. The number of rotatable bonds is 8. The van der Waals surface area contributed by atoms with Crippen molar-refractivity contribution in [2.75, 3.05) is 24.2 Å². The molecule has 5 N–H and O–H groups in total. The molecule has 0 aromatic heterocycles. The van der Waals surface area contributed by atoms with Crippen LogP contribution in [-0.2, 0) is 14.3 Å². The Balaban J connectivity index is 1.53. The average molecular weight is 1080 g/mol. The molecule has 0 spiro atoms. The van der Waals surface area contributed by atoms with Crippen molar-refractivity contribution in [1.29, 1.82) is 0 Å². The van der Waals surface area contributed by atoms with Crippen molar-refractivity contribution < 1.29 is 97.4 Å². The minimum absolute atomic E-state index is 0.0274. The number of carbonyl (C=O) groups is 1. The SMILES string of the molecule is C=C(C)C1CC[C@]2(C(=O)OCC(N)(CO)CO)CCI3[C@H](CCC4([I-])[C@@]5(C)CC[C@H](OC(C)O)C(C)(C)C5([I-])CC[C@@]34C)C12[I-]. The van der Waals surface area contributed by atoms with Crippen molar-refractivity contribution in [2.24, 2.45) is 27.9 Å². The second kappa shape index (κ2) is 12.6. The van der Waals surface area contributed by atoms with Gasteiger partial charge < -0.3 is 0 Å². The predicted octanol–water partition coefficient (Wildman–Crippen LogP) is -4.76. The summed E-state index contributed by atoms with van der Waals surface area (Å²) >= 11 is 6.81. The van der Waals surface area contributed by atoms with Crippen molar-refractivity contribution in [3.63, 3.8) is 0 Å². The summed E-state index contributed by atoms with van der Waals surface area (Å²) < 4.78 is 14.0. The number of nitrogens with two attached hydrogens (primary N) is 1. The van der Waals surface area contributed by atoms with Gasteiger partial charge >= 0.3 is 322 Å². The van der Waals surface area contributed by atoms with Crippen molar-refractivity contribution in [3.05, 3.63) is 12.2 Å². The number of carbonyl (C=O) groups excluding carboxylic acids is 1. The van der Waals surface area contributed by atoms with Crippen LogP contribution in [0.25, 0.3) is 0 Å². The van der Waals surface area contributed by atoms with E-state index in [-0.39, 0.29) is 49.1 Å². The number of ether oxygens (including phenoxy) is 2. The van der Waals surface area contributed by atoms with Gasteiger partial charge in [0.15, 0.2) is 0 Å². The third-order valence-electron chi connectivity index (χ3n) is 13.6. The molecule has 5 rings (SSSR count). The fraction of sp³-hybridized carbons (Fsp3) is 0.912. The molecule has 2 saturated heterocycles. The normalized spacial score (nSPS) is 47.1. The zero-order valence-electron chi connectivity index (χ0n) is 27.9. The molecule has 5 aliphatic rings. The van der Waals surface area contributed by atoms with Crippen molar-refractivity contribution in [3.8, 4) is 0 Å². The van der Waals surface area contributed by atoms with E-state index < -0.39 is 50.3 Å². The Labute approximate surface area is 318 Å². The summed E-state index contributed by atoms with van der Waals surface area (Å²) in [4.78, 5) is 14.3. The molecule has 5 unspecified atom stereocenters. The van der Waals surface area contributed by atoms with E-state index in [0.717, 1.165) is 55.8 Å². The number of fused-ring (bicyclic) bond motifs is 7. The molecule has 0 bridgehead atoms. The molecule has 0 aromatic carbocycles. The predicted molar refractivity (Wildman–Crippen MR) is 172 cm³/mol. The van der Waals surface area contributed by atoms with Gasteiger partial charge in [-0.1, -0.05) is 0 Å². The Bertz CT molecular complexity index is 1200. The first kappa shape index (κ1) is 38.2. The van der Waals surface area contributed by atoms with Crippen LogP contribution in [0.5, 0.6) is 0 Å². The standard InChI is InChI=1S/C34H55I4NO6/c1-21(2)23-8-12-31(26(43)44-20-30(39,18-40)19-41)16-17-38-24(34(23,31)37)9-13-33(36)28(6)11-10-25(45-22(3)42)27(4,5)32(28,35)15-14-29(33,38)7/h22-25,40-42H,1,8-20,39H2,2-7H3/q-3/t22?,23?,24-,25+,28+,29-,31-,32?,33?,34?/m1/s1. The maximum atomic E-state index is 14.3. The second-order valence-electron chi connectivity index (χ2n) is 16.0. The molecule has 0 aromatic rings. The topological polar surface area (TPSA) is 122 Å². The number of halogens is 4. The third-order valence-corrected chi connectivity index (χ3v) is 34.0. The van der Waals surface area contributed by atoms with E-state index >= 15 is 0 Å². The van der Waals surface area contributed by atoms with Gasteiger partial charge in [0.05, 0.1) is 0 Å². The molecule has 7 nitrogen and oxygen atoms in total. The first-order valence-electron chi connectivity index (χ1n) is 16.6. The van der Waals surface area contributed by atoms with Gasteiger partial charge in [-0.3, -0.25) is 0 Å². The van der Waals surface area contributed by atoms with Crippen molar-refractivity contribution in [2.45, 2.75) is 135 Å². The van der Waals surface area contributed by atoms with Crippen LogP contribution < -0.4 is 73.5 Å². The fourth-order valence-corrected chi connectivity index (χ4v) is 30.7. The van der Waals surface area contributed by atoms with Gasteiger partial charge in [-0.05, 0) is 0 Å². The molecule has 11 heteroatoms. The van der Waals surface area contributed by atoms with E-state index in [1.807, 2.05) is 0 Å². The Morgan fingerprint density at radius 1 is 1.00 bits per heavy atom. The first-order valence-corrected chi connectivity index (χ1v) is 23.7. The summed E-state index contributed by atoms with van der Waals surface area (Å²) in [7, 11) is 0. The molecule has 3 aliphatic carbocycles. The van der Waals surface area contributed by atoms with Crippen LogP contribution in [0.15, 0.2) is 12.2 Å². The molecule has 3 saturated carbocycles. The molecular weight excluding hydrogens is 1030 g/mol. The van der Waals surface area contributed by atoms with Crippen LogP contribution in [0.2, 0.25) is 0 Å². The maximum absolute atomic E-state index is 14.3. The van der Waals surface area contributed by atoms with Crippen molar-refractivity contribution in [1.82, 2.24) is 0 Å². The third kappa shape index (κ3) is 5.09. The Hall–Kier alpha value is 1.93. The monoisotopic (exact) mass is 1080 g/mol. The van der Waals surface area contributed by atoms with E-state index in [9.17, 15) is 20.1 Å². The molecular formula is C34H55I4NO6-3. The number of allylic oxidation sites excluding steroid dienone is 1. The molecule has 3 radical (unpaired) electrons. The van der Waals surface area contributed by atoms with Crippen LogP contribution >= 0.6 is 19.8 Å². The number of aliphatic hydroxyl groups excluding tert-OH is 3. The number of hydrogen-bond acceptors (Lipinski definition) is 7. The molecule has 45 heavy (non-hydrogen) atoms. The molecule has 0 amide bonds. The minimum atomic E-state index is -1.74. The van der Waals surface area contributed by atoms with Gasteiger partial charge in [-0.2, -0.15) is 0 Å². The van der Waals surface area contributed by atoms with Gasteiger partial charge in [-0.25, -0.2) is 0 Å². The van der Waals surface area contributed by atoms with E-state index in [0.29, 0.717) is 3.92 Å². The van der Waals surface area contributed by atoms with Crippen molar-refractivity contribution >= 4 is 25.8 Å². The Kier molecular flexibility index (Phi) is 10.7. The fourth-order valence-electron chi connectivity index (χ4n) is 10.7. The van der Waals surface area contributed by atoms with E-state index in [1.165, 1.54) is 12.0 Å². The molecule has 5 fully saturated rings. The Morgan fingerprint density at radius 3 is 2.22 bits per heavy atom. The number of alkyl halides is 6. The van der Waals surface area contributed by atoms with Gasteiger partial charge in [0.1, 0.15) is 0 Å². The Morgan fingerprint density at radius 2 is 1.64 bits per heavy atom. The van der Waals surface area contributed by atoms with Crippen LogP contribution in [0.3, 0.4) is 0 Å². The van der Waals surface area contributed by atoms with Gasteiger partial charge in [0, 0.05) is 0 Å². The van der Waals surface area contributed by atoms with E-state index in [2.05, 4.69) is 109 Å². The molecule has 2 heterocycles. The first-order chi connectivity index (χ1) is 20.7. The van der Waals surface area contributed by atoms with Gasteiger partial charge in [0.25, 0.3) is 0 Å². The number of esters is 1. The second-order valence-corrected chi connectivity index (χ2v) is 28.7. The summed E-state index contributed by atoms with van der Waals surface area (Å²) in [5.41, 5.74) is 5.39. The van der Waals surface area contributed by atoms with Crippen LogP contribution in [0.4, 0.5) is 0 Å². The zero-order chi connectivity index (χ0) is 33.6. The molecule has 263 valence electrons.